The first-order chi connectivity index (χ1) is 14.3. The van der Waals surface area contributed by atoms with Crippen LogP contribution in [0.2, 0.25) is 0 Å². The number of nitrogens with zero attached hydrogens (tertiary/aromatic N) is 3. The van der Waals surface area contributed by atoms with Crippen LogP contribution in [-0.4, -0.2) is 54.5 Å². The van der Waals surface area contributed by atoms with Crippen molar-refractivity contribution in [3.05, 3.63) is 54.2 Å². The number of benzene rings is 1. The van der Waals surface area contributed by atoms with Gasteiger partial charge in [-0.25, -0.2) is 9.78 Å². The Balaban J connectivity index is 1.37. The molecule has 1 fully saturated rings. The molecule has 1 aliphatic heterocycles. The minimum atomic E-state index is -0.300. The van der Waals surface area contributed by atoms with E-state index in [1.807, 2.05) is 47.4 Å². The Bertz CT molecular complexity index is 838. The van der Waals surface area contributed by atoms with E-state index in [1.165, 1.54) is 5.56 Å². The number of hydrogen-bond acceptors (Lipinski definition) is 4. The van der Waals surface area contributed by atoms with Crippen molar-refractivity contribution >= 4 is 23.4 Å². The quantitative estimate of drug-likeness (QED) is 0.795. The fourth-order valence-corrected chi connectivity index (χ4v) is 3.40. The molecule has 0 radical (unpaired) electrons. The van der Waals surface area contributed by atoms with Crippen LogP contribution in [0.3, 0.4) is 0 Å². The molecule has 7 heteroatoms. The van der Waals surface area contributed by atoms with Gasteiger partial charge in [-0.1, -0.05) is 39.0 Å². The van der Waals surface area contributed by atoms with Crippen LogP contribution in [-0.2, 0) is 10.2 Å². The van der Waals surface area contributed by atoms with Gasteiger partial charge in [-0.05, 0) is 35.2 Å². The number of piperazine rings is 1. The van der Waals surface area contributed by atoms with E-state index < -0.39 is 0 Å². The summed E-state index contributed by atoms with van der Waals surface area (Å²) in [4.78, 5) is 32.9. The van der Waals surface area contributed by atoms with E-state index in [0.29, 0.717) is 26.1 Å². The summed E-state index contributed by atoms with van der Waals surface area (Å²) in [6.45, 7) is 9.63. The van der Waals surface area contributed by atoms with Gasteiger partial charge in [-0.2, -0.15) is 0 Å². The highest BCUT2D eigenvalue weighted by Crippen LogP contribution is 2.23. The number of hydrogen-bond donors (Lipinski definition) is 2. The average Bonchev–Trinajstić information content (AvgIpc) is 2.74. The van der Waals surface area contributed by atoms with E-state index in [2.05, 4.69) is 41.3 Å². The molecule has 2 heterocycles. The number of aromatic nitrogens is 1. The first kappa shape index (κ1) is 21.6. The van der Waals surface area contributed by atoms with Crippen molar-refractivity contribution in [1.82, 2.24) is 15.2 Å². The molecule has 0 atom stereocenters. The van der Waals surface area contributed by atoms with Crippen molar-refractivity contribution in [3.8, 4) is 0 Å². The fraction of sp³-hybridized carbons (Fsp3) is 0.435. The maximum Gasteiger partial charge on any atom is 0.319 e. The molecule has 1 aromatic heterocycles. The zero-order chi connectivity index (χ0) is 21.6. The molecule has 160 valence electrons. The van der Waals surface area contributed by atoms with Crippen LogP contribution in [0.4, 0.5) is 16.3 Å². The number of nitrogens with one attached hydrogen (secondary N) is 2. The van der Waals surface area contributed by atoms with Crippen LogP contribution >= 0.6 is 0 Å². The summed E-state index contributed by atoms with van der Waals surface area (Å²) in [5, 5.41) is 5.57. The Kier molecular flexibility index (Phi) is 6.92. The smallest absolute Gasteiger partial charge is 0.319 e. The molecule has 2 N–H and O–H groups in total. The number of amides is 3. The molecule has 0 bridgehead atoms. The molecule has 0 unspecified atom stereocenters. The third-order valence-corrected chi connectivity index (χ3v) is 5.24. The van der Waals surface area contributed by atoms with Gasteiger partial charge in [0, 0.05) is 51.0 Å². The SMILES string of the molecule is CC(C)(C)c1ccc(NC(=O)NCCC(=O)N2CCN(c3ccccn3)CC2)cc1. The van der Waals surface area contributed by atoms with Gasteiger partial charge < -0.3 is 20.4 Å². The summed E-state index contributed by atoms with van der Waals surface area (Å²) >= 11 is 0. The Morgan fingerprint density at radius 3 is 2.30 bits per heavy atom. The molecular formula is C23H31N5O2. The average molecular weight is 410 g/mol. The van der Waals surface area contributed by atoms with E-state index >= 15 is 0 Å². The van der Waals surface area contributed by atoms with E-state index in [1.54, 1.807) is 6.20 Å². The zero-order valence-electron chi connectivity index (χ0n) is 18.0. The summed E-state index contributed by atoms with van der Waals surface area (Å²) in [6, 6.07) is 13.4. The van der Waals surface area contributed by atoms with Crippen LogP contribution in [0, 0.1) is 0 Å². The second-order valence-electron chi connectivity index (χ2n) is 8.51. The van der Waals surface area contributed by atoms with Gasteiger partial charge in [0.15, 0.2) is 0 Å². The molecule has 1 saturated heterocycles. The summed E-state index contributed by atoms with van der Waals surface area (Å²) in [5.74, 6) is 1.00. The van der Waals surface area contributed by atoms with Crippen LogP contribution in [0.25, 0.3) is 0 Å². The lowest BCUT2D eigenvalue weighted by molar-refractivity contribution is -0.131. The highest BCUT2D eigenvalue weighted by molar-refractivity contribution is 5.89. The van der Waals surface area contributed by atoms with Crippen molar-refractivity contribution < 1.29 is 9.59 Å². The summed E-state index contributed by atoms with van der Waals surface area (Å²) in [5.41, 5.74) is 2.02. The maximum absolute atomic E-state index is 12.4. The summed E-state index contributed by atoms with van der Waals surface area (Å²) in [6.07, 6.45) is 2.07. The van der Waals surface area contributed by atoms with Gasteiger partial charge >= 0.3 is 6.03 Å². The van der Waals surface area contributed by atoms with Crippen molar-refractivity contribution in [1.29, 1.82) is 0 Å². The van der Waals surface area contributed by atoms with Gasteiger partial charge in [-0.3, -0.25) is 4.79 Å². The van der Waals surface area contributed by atoms with Gasteiger partial charge in [-0.15, -0.1) is 0 Å². The predicted molar refractivity (Wildman–Crippen MR) is 120 cm³/mol. The molecular weight excluding hydrogens is 378 g/mol. The Morgan fingerprint density at radius 1 is 1.00 bits per heavy atom. The minimum absolute atomic E-state index is 0.0606. The van der Waals surface area contributed by atoms with Crippen molar-refractivity contribution in [3.63, 3.8) is 0 Å². The van der Waals surface area contributed by atoms with E-state index in [0.717, 1.165) is 24.6 Å². The first-order valence-electron chi connectivity index (χ1n) is 10.4. The van der Waals surface area contributed by atoms with Gasteiger partial charge in [0.1, 0.15) is 5.82 Å². The third kappa shape index (κ3) is 5.95. The topological polar surface area (TPSA) is 77.6 Å². The molecule has 3 rings (SSSR count). The molecule has 30 heavy (non-hydrogen) atoms. The van der Waals surface area contributed by atoms with Gasteiger partial charge in [0.05, 0.1) is 0 Å². The molecule has 7 nitrogen and oxygen atoms in total. The van der Waals surface area contributed by atoms with E-state index in [4.69, 9.17) is 0 Å². The minimum Gasteiger partial charge on any atom is -0.353 e. The summed E-state index contributed by atoms with van der Waals surface area (Å²) in [7, 11) is 0. The maximum atomic E-state index is 12.4. The lowest BCUT2D eigenvalue weighted by Crippen LogP contribution is -2.49. The fourth-order valence-electron chi connectivity index (χ4n) is 3.40. The third-order valence-electron chi connectivity index (χ3n) is 5.24. The first-order valence-corrected chi connectivity index (χ1v) is 10.4. The molecule has 3 amide bonds. The zero-order valence-corrected chi connectivity index (χ0v) is 18.0. The standard InChI is InChI=1S/C23H31N5O2/c1-23(2,3)18-7-9-19(10-8-18)26-22(30)25-13-11-21(29)28-16-14-27(15-17-28)20-6-4-5-12-24-20/h4-10,12H,11,13-17H2,1-3H3,(H2,25,26,30). The number of carbonyl (C=O) groups excluding carboxylic acids is 2. The predicted octanol–water partition coefficient (Wildman–Crippen LogP) is 3.24. The van der Waals surface area contributed by atoms with Crippen molar-refractivity contribution in [2.24, 2.45) is 0 Å². The van der Waals surface area contributed by atoms with Crippen LogP contribution < -0.4 is 15.5 Å². The Morgan fingerprint density at radius 2 is 1.70 bits per heavy atom. The number of pyridine rings is 1. The number of urea groups is 1. The van der Waals surface area contributed by atoms with Gasteiger partial charge in [0.25, 0.3) is 0 Å². The highest BCUT2D eigenvalue weighted by Gasteiger charge is 2.21. The molecule has 0 spiro atoms. The summed E-state index contributed by atoms with van der Waals surface area (Å²) < 4.78 is 0. The lowest BCUT2D eigenvalue weighted by Gasteiger charge is -2.35. The molecule has 1 aromatic carbocycles. The normalized spacial score (nSPS) is 14.4. The van der Waals surface area contributed by atoms with Crippen LogP contribution in [0.5, 0.6) is 0 Å². The van der Waals surface area contributed by atoms with E-state index in [-0.39, 0.29) is 17.4 Å². The molecule has 0 saturated carbocycles. The Hall–Kier alpha value is -3.09. The number of rotatable bonds is 5. The number of carbonyl (C=O) groups is 2. The monoisotopic (exact) mass is 409 g/mol. The Labute approximate surface area is 178 Å². The van der Waals surface area contributed by atoms with Gasteiger partial charge in [0.2, 0.25) is 5.91 Å². The molecule has 2 aromatic rings. The molecule has 0 aliphatic carbocycles. The van der Waals surface area contributed by atoms with Crippen molar-refractivity contribution in [2.45, 2.75) is 32.6 Å². The largest absolute Gasteiger partial charge is 0.353 e. The second kappa shape index (κ2) is 9.61. The van der Waals surface area contributed by atoms with Crippen molar-refractivity contribution in [2.75, 3.05) is 42.9 Å². The van der Waals surface area contributed by atoms with Crippen LogP contribution in [0.15, 0.2) is 48.7 Å². The highest BCUT2D eigenvalue weighted by atomic mass is 16.2. The second-order valence-corrected chi connectivity index (χ2v) is 8.51. The number of anilines is 2. The molecule has 1 aliphatic rings. The lowest BCUT2D eigenvalue weighted by atomic mass is 9.87. The van der Waals surface area contributed by atoms with Crippen LogP contribution in [0.1, 0.15) is 32.8 Å². The van der Waals surface area contributed by atoms with E-state index in [9.17, 15) is 9.59 Å².